The number of carbonyl (C=O) groups is 2. The monoisotopic (exact) mass is 336 g/mol. The molecule has 0 N–H and O–H groups in total. The summed E-state index contributed by atoms with van der Waals surface area (Å²) in [6.07, 6.45) is 2.08. The second-order valence-corrected chi connectivity index (χ2v) is 6.78. The van der Waals surface area contributed by atoms with Gasteiger partial charge in [-0.2, -0.15) is 0 Å². The minimum Gasteiger partial charge on any atom is -0.341 e. The van der Waals surface area contributed by atoms with E-state index in [0.717, 1.165) is 31.5 Å². The third-order valence-electron chi connectivity index (χ3n) is 4.19. The van der Waals surface area contributed by atoms with Crippen LogP contribution in [-0.4, -0.2) is 47.8 Å². The number of hydrogen-bond donors (Lipinski definition) is 0. The Morgan fingerprint density at radius 3 is 2.30 bits per heavy atom. The molecule has 1 aromatic carbocycles. The summed E-state index contributed by atoms with van der Waals surface area (Å²) in [5, 5.41) is 0.711. The van der Waals surface area contributed by atoms with Gasteiger partial charge in [0.2, 0.25) is 11.8 Å². The van der Waals surface area contributed by atoms with Crippen LogP contribution in [-0.2, 0) is 16.0 Å². The Bertz CT molecular complexity index is 542. The van der Waals surface area contributed by atoms with Gasteiger partial charge in [0, 0.05) is 43.5 Å². The van der Waals surface area contributed by atoms with Crippen molar-refractivity contribution in [3.05, 3.63) is 34.9 Å². The van der Waals surface area contributed by atoms with Crippen LogP contribution < -0.4 is 0 Å². The van der Waals surface area contributed by atoms with Crippen molar-refractivity contribution in [2.75, 3.05) is 26.2 Å². The molecule has 0 unspecified atom stereocenters. The van der Waals surface area contributed by atoms with Gasteiger partial charge in [0.1, 0.15) is 0 Å². The Labute approximate surface area is 143 Å². The van der Waals surface area contributed by atoms with E-state index < -0.39 is 0 Å². The van der Waals surface area contributed by atoms with Crippen LogP contribution in [0.5, 0.6) is 0 Å². The van der Waals surface area contributed by atoms with Crippen molar-refractivity contribution >= 4 is 23.4 Å². The molecule has 0 aromatic heterocycles. The topological polar surface area (TPSA) is 40.6 Å². The molecule has 1 saturated heterocycles. The lowest BCUT2D eigenvalue weighted by Gasteiger charge is -2.23. The molecule has 126 valence electrons. The number of carbonyl (C=O) groups excluding carboxylic acids is 2. The Balaban J connectivity index is 1.83. The van der Waals surface area contributed by atoms with Crippen molar-refractivity contribution in [1.29, 1.82) is 0 Å². The first-order valence-corrected chi connectivity index (χ1v) is 8.66. The third-order valence-corrected chi connectivity index (χ3v) is 4.45. The number of hydrogen-bond acceptors (Lipinski definition) is 2. The van der Waals surface area contributed by atoms with Gasteiger partial charge in [0.05, 0.1) is 0 Å². The molecule has 0 aliphatic carbocycles. The van der Waals surface area contributed by atoms with Gasteiger partial charge in [-0.05, 0) is 30.5 Å². The fourth-order valence-corrected chi connectivity index (χ4v) is 2.94. The van der Waals surface area contributed by atoms with Crippen LogP contribution in [0.25, 0.3) is 0 Å². The maximum atomic E-state index is 12.4. The standard InChI is InChI=1S/C18H25ClN2O2/c1-14(2)18(23)21-11-3-10-20(12-13-21)17(22)9-6-15-4-7-16(19)8-5-15/h4-5,7-8,14H,3,6,9-13H2,1-2H3. The second kappa shape index (κ2) is 8.34. The van der Waals surface area contributed by atoms with E-state index in [1.165, 1.54) is 0 Å². The van der Waals surface area contributed by atoms with Crippen LogP contribution in [0, 0.1) is 5.92 Å². The van der Waals surface area contributed by atoms with Crippen LogP contribution in [0.4, 0.5) is 0 Å². The van der Waals surface area contributed by atoms with Crippen molar-refractivity contribution < 1.29 is 9.59 Å². The summed E-state index contributed by atoms with van der Waals surface area (Å²) in [4.78, 5) is 28.3. The van der Waals surface area contributed by atoms with Crippen molar-refractivity contribution in [1.82, 2.24) is 9.80 Å². The van der Waals surface area contributed by atoms with Crippen molar-refractivity contribution in [2.45, 2.75) is 33.1 Å². The largest absolute Gasteiger partial charge is 0.341 e. The van der Waals surface area contributed by atoms with Crippen LogP contribution >= 0.6 is 11.6 Å². The van der Waals surface area contributed by atoms with Gasteiger partial charge in [-0.1, -0.05) is 37.6 Å². The van der Waals surface area contributed by atoms with Crippen LogP contribution in [0.15, 0.2) is 24.3 Å². The fourth-order valence-electron chi connectivity index (χ4n) is 2.81. The summed E-state index contributed by atoms with van der Waals surface area (Å²) in [6.45, 7) is 6.60. The average Bonchev–Trinajstić information content (AvgIpc) is 2.79. The lowest BCUT2D eigenvalue weighted by Crippen LogP contribution is -2.39. The quantitative estimate of drug-likeness (QED) is 0.848. The van der Waals surface area contributed by atoms with Gasteiger partial charge in [-0.15, -0.1) is 0 Å². The molecule has 2 rings (SSSR count). The maximum Gasteiger partial charge on any atom is 0.225 e. The molecule has 0 saturated carbocycles. The number of nitrogens with zero attached hydrogens (tertiary/aromatic N) is 2. The summed E-state index contributed by atoms with van der Waals surface area (Å²) in [6, 6.07) is 7.62. The summed E-state index contributed by atoms with van der Waals surface area (Å²) in [7, 11) is 0. The first-order valence-electron chi connectivity index (χ1n) is 8.28. The van der Waals surface area contributed by atoms with Gasteiger partial charge in [-0.3, -0.25) is 9.59 Å². The summed E-state index contributed by atoms with van der Waals surface area (Å²) in [5.41, 5.74) is 1.12. The summed E-state index contributed by atoms with van der Waals surface area (Å²) >= 11 is 5.87. The molecule has 0 radical (unpaired) electrons. The molecule has 2 amide bonds. The zero-order valence-corrected chi connectivity index (χ0v) is 14.7. The van der Waals surface area contributed by atoms with E-state index in [-0.39, 0.29) is 17.7 Å². The van der Waals surface area contributed by atoms with E-state index in [1.54, 1.807) is 0 Å². The number of benzene rings is 1. The molecule has 1 fully saturated rings. The normalized spacial score (nSPS) is 15.7. The smallest absolute Gasteiger partial charge is 0.225 e. The Hall–Kier alpha value is -1.55. The van der Waals surface area contributed by atoms with Crippen LogP contribution in [0.3, 0.4) is 0 Å². The molecule has 0 atom stereocenters. The molecule has 1 aromatic rings. The fraction of sp³-hybridized carbons (Fsp3) is 0.556. The number of halogens is 1. The molecular weight excluding hydrogens is 312 g/mol. The Kier molecular flexibility index (Phi) is 6.46. The molecule has 0 spiro atoms. The first-order chi connectivity index (χ1) is 11.0. The highest BCUT2D eigenvalue weighted by atomic mass is 35.5. The van der Waals surface area contributed by atoms with Crippen LogP contribution in [0.1, 0.15) is 32.3 Å². The number of amides is 2. The lowest BCUT2D eigenvalue weighted by molar-refractivity contribution is -0.135. The third kappa shape index (κ3) is 5.24. The molecule has 4 nitrogen and oxygen atoms in total. The Morgan fingerprint density at radius 2 is 1.65 bits per heavy atom. The molecule has 1 heterocycles. The van der Waals surface area contributed by atoms with Crippen molar-refractivity contribution in [3.63, 3.8) is 0 Å². The van der Waals surface area contributed by atoms with Gasteiger partial charge in [0.15, 0.2) is 0 Å². The minimum absolute atomic E-state index is 0.0159. The maximum absolute atomic E-state index is 12.4. The van der Waals surface area contributed by atoms with E-state index >= 15 is 0 Å². The van der Waals surface area contributed by atoms with Gasteiger partial charge < -0.3 is 9.80 Å². The van der Waals surface area contributed by atoms with Gasteiger partial charge in [0.25, 0.3) is 0 Å². The van der Waals surface area contributed by atoms with E-state index in [9.17, 15) is 9.59 Å². The predicted molar refractivity (Wildman–Crippen MR) is 92.4 cm³/mol. The van der Waals surface area contributed by atoms with E-state index in [2.05, 4.69) is 0 Å². The zero-order chi connectivity index (χ0) is 16.8. The van der Waals surface area contributed by atoms with E-state index in [4.69, 9.17) is 11.6 Å². The molecule has 1 aliphatic heterocycles. The molecule has 1 aliphatic rings. The molecule has 23 heavy (non-hydrogen) atoms. The van der Waals surface area contributed by atoms with E-state index in [1.807, 2.05) is 47.9 Å². The highest BCUT2D eigenvalue weighted by Gasteiger charge is 2.23. The molecule has 5 heteroatoms. The first kappa shape index (κ1) is 17.8. The average molecular weight is 337 g/mol. The zero-order valence-electron chi connectivity index (χ0n) is 13.9. The van der Waals surface area contributed by atoms with Crippen molar-refractivity contribution in [2.24, 2.45) is 5.92 Å². The lowest BCUT2D eigenvalue weighted by atomic mass is 10.1. The van der Waals surface area contributed by atoms with Crippen molar-refractivity contribution in [3.8, 4) is 0 Å². The second-order valence-electron chi connectivity index (χ2n) is 6.34. The van der Waals surface area contributed by atoms with Gasteiger partial charge >= 0.3 is 0 Å². The minimum atomic E-state index is 0.0159. The van der Waals surface area contributed by atoms with Crippen LogP contribution in [0.2, 0.25) is 5.02 Å². The van der Waals surface area contributed by atoms with Gasteiger partial charge in [-0.25, -0.2) is 0 Å². The summed E-state index contributed by atoms with van der Waals surface area (Å²) in [5.74, 6) is 0.362. The molecule has 0 bridgehead atoms. The number of rotatable bonds is 4. The highest BCUT2D eigenvalue weighted by molar-refractivity contribution is 6.30. The number of aryl methyl sites for hydroxylation is 1. The predicted octanol–water partition coefficient (Wildman–Crippen LogP) is 2.99. The molecular formula is C18H25ClN2O2. The summed E-state index contributed by atoms with van der Waals surface area (Å²) < 4.78 is 0. The Morgan fingerprint density at radius 1 is 1.04 bits per heavy atom. The highest BCUT2D eigenvalue weighted by Crippen LogP contribution is 2.13. The SMILES string of the molecule is CC(C)C(=O)N1CCCN(C(=O)CCc2ccc(Cl)cc2)CC1. The van der Waals surface area contributed by atoms with E-state index in [0.29, 0.717) is 24.5 Å².